The van der Waals surface area contributed by atoms with Gasteiger partial charge in [-0.15, -0.1) is 0 Å². The number of hydrogen-bond acceptors (Lipinski definition) is 6. The quantitative estimate of drug-likeness (QED) is 0.0261. The molecule has 0 spiro atoms. The minimum absolute atomic E-state index is 0.0833. The Morgan fingerprint density at radius 1 is 0.266 bits per heavy atom. The Kier molecular flexibility index (Phi) is 63.3. The summed E-state index contributed by atoms with van der Waals surface area (Å²) in [7, 11) is 0. The molecule has 0 heterocycles. The number of carbonyl (C=O) groups excluding carboxylic acids is 3. The molecule has 0 aromatic heterocycles. The lowest BCUT2D eigenvalue weighted by Crippen LogP contribution is -2.30. The number of ether oxygens (including phenoxy) is 3. The van der Waals surface area contributed by atoms with Gasteiger partial charge in [0.1, 0.15) is 13.2 Å². The third kappa shape index (κ3) is 64.8. The largest absolute Gasteiger partial charge is 0.462 e. The van der Waals surface area contributed by atoms with Crippen LogP contribution in [0.3, 0.4) is 0 Å². The number of allylic oxidation sites excluding steroid dienone is 18. The molecule has 0 fully saturated rings. The molecule has 6 heteroatoms. The number of hydrogen-bond donors (Lipinski definition) is 0. The van der Waals surface area contributed by atoms with Crippen LogP contribution in [-0.2, 0) is 28.6 Å². The van der Waals surface area contributed by atoms with E-state index in [0.717, 1.165) is 141 Å². The maximum Gasteiger partial charge on any atom is 0.306 e. The van der Waals surface area contributed by atoms with Crippen molar-refractivity contribution in [2.24, 2.45) is 0 Å². The van der Waals surface area contributed by atoms with E-state index in [0.29, 0.717) is 19.3 Å². The predicted molar refractivity (Wildman–Crippen MR) is 343 cm³/mol. The molecule has 0 rings (SSSR count). The van der Waals surface area contributed by atoms with Gasteiger partial charge in [0.15, 0.2) is 6.10 Å². The molecule has 452 valence electrons. The van der Waals surface area contributed by atoms with Crippen molar-refractivity contribution in [2.75, 3.05) is 13.2 Å². The van der Waals surface area contributed by atoms with Crippen LogP contribution >= 0.6 is 0 Å². The summed E-state index contributed by atoms with van der Waals surface area (Å²) in [5, 5.41) is 0. The lowest BCUT2D eigenvalue weighted by molar-refractivity contribution is -0.167. The van der Waals surface area contributed by atoms with Crippen LogP contribution in [-0.4, -0.2) is 37.2 Å². The Labute approximate surface area is 489 Å². The Morgan fingerprint density at radius 2 is 0.494 bits per heavy atom. The van der Waals surface area contributed by atoms with Gasteiger partial charge in [0.25, 0.3) is 0 Å². The number of esters is 3. The number of unbranched alkanes of at least 4 members (excludes halogenated alkanes) is 31. The van der Waals surface area contributed by atoms with Crippen LogP contribution in [0.1, 0.15) is 316 Å². The van der Waals surface area contributed by atoms with E-state index in [4.69, 9.17) is 14.2 Å². The highest BCUT2D eigenvalue weighted by Gasteiger charge is 2.19. The molecule has 0 aliphatic rings. The monoisotopic (exact) mass is 1100 g/mol. The molecule has 0 bridgehead atoms. The molecular formula is C73H124O6. The summed E-state index contributed by atoms with van der Waals surface area (Å²) in [5.41, 5.74) is 0. The molecule has 0 saturated heterocycles. The molecule has 0 aromatic carbocycles. The van der Waals surface area contributed by atoms with Crippen LogP contribution in [0.2, 0.25) is 0 Å². The average molecular weight is 1100 g/mol. The second-order valence-electron chi connectivity index (χ2n) is 22.0. The van der Waals surface area contributed by atoms with Crippen molar-refractivity contribution in [3.8, 4) is 0 Å². The zero-order chi connectivity index (χ0) is 57.1. The van der Waals surface area contributed by atoms with Gasteiger partial charge >= 0.3 is 17.9 Å². The van der Waals surface area contributed by atoms with Crippen molar-refractivity contribution in [3.05, 3.63) is 109 Å². The summed E-state index contributed by atoms with van der Waals surface area (Å²) in [5.74, 6) is -0.907. The van der Waals surface area contributed by atoms with Crippen LogP contribution in [0.15, 0.2) is 109 Å². The first-order chi connectivity index (χ1) is 39.0. The average Bonchev–Trinajstić information content (AvgIpc) is 3.45. The van der Waals surface area contributed by atoms with Gasteiger partial charge in [-0.25, -0.2) is 0 Å². The van der Waals surface area contributed by atoms with Crippen molar-refractivity contribution in [2.45, 2.75) is 322 Å². The van der Waals surface area contributed by atoms with E-state index in [2.05, 4.69) is 130 Å². The van der Waals surface area contributed by atoms with Crippen molar-refractivity contribution < 1.29 is 28.6 Å². The van der Waals surface area contributed by atoms with Crippen LogP contribution in [0.4, 0.5) is 0 Å². The first kappa shape index (κ1) is 75.1. The van der Waals surface area contributed by atoms with E-state index in [1.807, 2.05) is 0 Å². The van der Waals surface area contributed by atoms with Gasteiger partial charge in [0, 0.05) is 19.3 Å². The normalized spacial score (nSPS) is 12.8. The fraction of sp³-hybridized carbons (Fsp3) is 0.712. The first-order valence-electron chi connectivity index (χ1n) is 33.4. The van der Waals surface area contributed by atoms with E-state index in [1.165, 1.54) is 135 Å². The van der Waals surface area contributed by atoms with E-state index in [-0.39, 0.29) is 31.1 Å². The summed E-state index contributed by atoms with van der Waals surface area (Å²) in [6.07, 6.45) is 91.7. The van der Waals surface area contributed by atoms with Gasteiger partial charge in [0.2, 0.25) is 0 Å². The molecule has 0 aliphatic heterocycles. The molecule has 1 unspecified atom stereocenters. The highest BCUT2D eigenvalue weighted by atomic mass is 16.6. The lowest BCUT2D eigenvalue weighted by Gasteiger charge is -2.18. The fourth-order valence-corrected chi connectivity index (χ4v) is 9.35. The van der Waals surface area contributed by atoms with Crippen molar-refractivity contribution in [1.29, 1.82) is 0 Å². The van der Waals surface area contributed by atoms with Gasteiger partial charge in [-0.3, -0.25) is 14.4 Å². The zero-order valence-electron chi connectivity index (χ0n) is 51.9. The number of rotatable bonds is 60. The Morgan fingerprint density at radius 3 is 0.772 bits per heavy atom. The highest BCUT2D eigenvalue weighted by molar-refractivity contribution is 5.71. The van der Waals surface area contributed by atoms with Crippen LogP contribution in [0.25, 0.3) is 0 Å². The molecule has 1 atom stereocenters. The molecule has 0 saturated carbocycles. The van der Waals surface area contributed by atoms with Gasteiger partial charge < -0.3 is 14.2 Å². The Hall–Kier alpha value is -3.93. The number of carbonyl (C=O) groups is 3. The SMILES string of the molecule is CC/C=C\C/C=C\C/C=C\C/C=C\C/C=C\CCCCCCCC(=O)OC(COC(=O)CCCCCCC)COC(=O)CCCCCCCCCCCCCCCCCCCCCCCC/C=C\C/C=C\C/C=C\C/C=C\CC. The standard InChI is InChI=1S/C73H124O6/c1-4-7-10-13-15-17-19-21-23-25-27-29-30-31-32-33-34-35-36-37-38-39-40-41-42-44-45-47-49-51-53-55-57-60-63-66-72(75)78-69-70(68-77-71(74)65-62-59-12-9-6-3)79-73(76)67-64-61-58-56-54-52-50-48-46-43-28-26-24-22-20-18-16-14-11-8-5-2/h7-8,10-11,15-18,21-24,27-29,43,48,50,70H,4-6,9,12-14,19-20,25-26,30-42,44-47,49,51-69H2,1-3H3/b10-7-,11-8-,17-15-,18-16-,23-21-,24-22-,29-27-,43-28-,50-48-. The first-order valence-corrected chi connectivity index (χ1v) is 33.4. The molecule has 0 N–H and O–H groups in total. The van der Waals surface area contributed by atoms with Gasteiger partial charge in [-0.05, 0) is 103 Å². The Balaban J connectivity index is 3.95. The molecule has 0 aliphatic carbocycles. The Bertz CT molecular complexity index is 1590. The molecule has 0 radical (unpaired) electrons. The van der Waals surface area contributed by atoms with Crippen molar-refractivity contribution in [1.82, 2.24) is 0 Å². The molecule has 0 amide bonds. The van der Waals surface area contributed by atoms with Crippen LogP contribution < -0.4 is 0 Å². The van der Waals surface area contributed by atoms with E-state index >= 15 is 0 Å². The smallest absolute Gasteiger partial charge is 0.306 e. The topological polar surface area (TPSA) is 78.9 Å². The van der Waals surface area contributed by atoms with E-state index < -0.39 is 6.10 Å². The second kappa shape index (κ2) is 66.6. The third-order valence-electron chi connectivity index (χ3n) is 14.3. The van der Waals surface area contributed by atoms with E-state index in [1.54, 1.807) is 0 Å². The summed E-state index contributed by atoms with van der Waals surface area (Å²) in [6, 6.07) is 0. The summed E-state index contributed by atoms with van der Waals surface area (Å²) in [4.78, 5) is 37.9. The maximum absolute atomic E-state index is 12.8. The van der Waals surface area contributed by atoms with Crippen LogP contribution in [0.5, 0.6) is 0 Å². The predicted octanol–water partition coefficient (Wildman–Crippen LogP) is 23.0. The summed E-state index contributed by atoms with van der Waals surface area (Å²) in [6.45, 7) is 6.33. The summed E-state index contributed by atoms with van der Waals surface area (Å²) >= 11 is 0. The minimum Gasteiger partial charge on any atom is -0.462 e. The fourth-order valence-electron chi connectivity index (χ4n) is 9.35. The van der Waals surface area contributed by atoms with Crippen molar-refractivity contribution in [3.63, 3.8) is 0 Å². The lowest BCUT2D eigenvalue weighted by atomic mass is 10.0. The van der Waals surface area contributed by atoms with Gasteiger partial charge in [-0.2, -0.15) is 0 Å². The summed E-state index contributed by atoms with van der Waals surface area (Å²) < 4.78 is 16.8. The van der Waals surface area contributed by atoms with Gasteiger partial charge in [0.05, 0.1) is 0 Å². The third-order valence-corrected chi connectivity index (χ3v) is 14.3. The molecule has 0 aromatic rings. The van der Waals surface area contributed by atoms with E-state index in [9.17, 15) is 14.4 Å². The molecular weight excluding hydrogens is 973 g/mol. The highest BCUT2D eigenvalue weighted by Crippen LogP contribution is 2.17. The maximum atomic E-state index is 12.8. The van der Waals surface area contributed by atoms with Gasteiger partial charge in [-0.1, -0.05) is 304 Å². The minimum atomic E-state index is -0.784. The van der Waals surface area contributed by atoms with Crippen molar-refractivity contribution >= 4 is 17.9 Å². The zero-order valence-corrected chi connectivity index (χ0v) is 51.9. The van der Waals surface area contributed by atoms with Crippen LogP contribution in [0, 0.1) is 0 Å². The molecule has 79 heavy (non-hydrogen) atoms. The second-order valence-corrected chi connectivity index (χ2v) is 22.0. The molecule has 6 nitrogen and oxygen atoms in total.